The molecule has 3 rings (SSSR count). The third-order valence-electron chi connectivity index (χ3n) is 5.27. The molecule has 178 valence electrons. The molecule has 3 aromatic rings. The van der Waals surface area contributed by atoms with Crippen molar-refractivity contribution < 1.29 is 9.59 Å². The van der Waals surface area contributed by atoms with Crippen LogP contribution in [-0.4, -0.2) is 35.1 Å². The Morgan fingerprint density at radius 2 is 1.68 bits per heavy atom. The van der Waals surface area contributed by atoms with Crippen LogP contribution in [0.15, 0.2) is 83.3 Å². The summed E-state index contributed by atoms with van der Waals surface area (Å²) in [5, 5.41) is 3.60. The molecule has 0 saturated heterocycles. The Labute approximate surface area is 219 Å². The maximum absolute atomic E-state index is 13.5. The van der Waals surface area contributed by atoms with Crippen LogP contribution < -0.4 is 5.32 Å². The van der Waals surface area contributed by atoms with Crippen LogP contribution in [0.25, 0.3) is 0 Å². The summed E-state index contributed by atoms with van der Waals surface area (Å²) in [7, 11) is 0. The highest BCUT2D eigenvalue weighted by Gasteiger charge is 2.30. The fourth-order valence-corrected chi connectivity index (χ4v) is 4.93. The van der Waals surface area contributed by atoms with Gasteiger partial charge < -0.3 is 10.2 Å². The fraction of sp³-hybridized carbons (Fsp3) is 0.259. The molecule has 0 fully saturated rings. The first-order valence-corrected chi connectivity index (χ1v) is 13.5. The lowest BCUT2D eigenvalue weighted by Crippen LogP contribution is -2.51. The first kappa shape index (κ1) is 26.3. The Morgan fingerprint density at radius 3 is 2.35 bits per heavy atom. The zero-order valence-electron chi connectivity index (χ0n) is 19.0. The zero-order valence-corrected chi connectivity index (χ0v) is 22.2. The minimum atomic E-state index is -0.606. The average molecular weight is 560 g/mol. The lowest BCUT2D eigenvalue weighted by molar-refractivity contribution is -0.139. The van der Waals surface area contributed by atoms with Crippen molar-refractivity contribution in [3.05, 3.63) is 105 Å². The molecule has 4 nitrogen and oxygen atoms in total. The summed E-state index contributed by atoms with van der Waals surface area (Å²) in [4.78, 5) is 28.4. The van der Waals surface area contributed by atoms with E-state index in [1.165, 1.54) is 11.8 Å². The van der Waals surface area contributed by atoms with Crippen molar-refractivity contribution in [3.63, 3.8) is 0 Å². The van der Waals surface area contributed by atoms with Gasteiger partial charge in [0, 0.05) is 34.8 Å². The number of nitrogens with zero attached hydrogens (tertiary/aromatic N) is 1. The molecule has 0 bridgehead atoms. The molecule has 0 saturated carbocycles. The summed E-state index contributed by atoms with van der Waals surface area (Å²) in [6, 6.07) is 24.7. The first-order chi connectivity index (χ1) is 16.5. The predicted molar refractivity (Wildman–Crippen MR) is 145 cm³/mol. The lowest BCUT2D eigenvalue weighted by atomic mass is 10.0. The number of thioether (sulfide) groups is 1. The van der Waals surface area contributed by atoms with E-state index in [9.17, 15) is 9.59 Å². The van der Waals surface area contributed by atoms with E-state index in [4.69, 9.17) is 11.6 Å². The van der Waals surface area contributed by atoms with Gasteiger partial charge in [-0.05, 0) is 47.9 Å². The Bertz CT molecular complexity index is 1080. The maximum Gasteiger partial charge on any atom is 0.243 e. The first-order valence-electron chi connectivity index (χ1n) is 11.1. The molecule has 0 spiro atoms. The van der Waals surface area contributed by atoms with Gasteiger partial charge in [-0.3, -0.25) is 9.59 Å². The number of amides is 2. The van der Waals surface area contributed by atoms with Crippen LogP contribution in [0.4, 0.5) is 0 Å². The number of hydrogen-bond acceptors (Lipinski definition) is 3. The van der Waals surface area contributed by atoms with Crippen LogP contribution in [0.2, 0.25) is 5.02 Å². The van der Waals surface area contributed by atoms with Gasteiger partial charge >= 0.3 is 0 Å². The molecule has 0 aliphatic heterocycles. The predicted octanol–water partition coefficient (Wildman–Crippen LogP) is 6.11. The van der Waals surface area contributed by atoms with Gasteiger partial charge in [0.2, 0.25) is 11.8 Å². The molecule has 0 aliphatic carbocycles. The van der Waals surface area contributed by atoms with E-state index < -0.39 is 6.04 Å². The van der Waals surface area contributed by atoms with Crippen LogP contribution in [0.3, 0.4) is 0 Å². The molecule has 0 radical (unpaired) electrons. The molecule has 0 heterocycles. The van der Waals surface area contributed by atoms with Gasteiger partial charge in [-0.15, -0.1) is 11.8 Å². The lowest BCUT2D eigenvalue weighted by Gasteiger charge is -2.31. The van der Waals surface area contributed by atoms with Crippen molar-refractivity contribution in [2.45, 2.75) is 31.7 Å². The molecule has 0 aliphatic rings. The second kappa shape index (κ2) is 13.6. The van der Waals surface area contributed by atoms with Gasteiger partial charge in [-0.25, -0.2) is 0 Å². The number of benzene rings is 3. The molecule has 1 N–H and O–H groups in total. The van der Waals surface area contributed by atoms with Gasteiger partial charge in [0.05, 0.1) is 5.75 Å². The Morgan fingerprint density at radius 1 is 0.971 bits per heavy atom. The van der Waals surface area contributed by atoms with E-state index in [1.807, 2.05) is 85.8 Å². The minimum absolute atomic E-state index is 0.0675. The van der Waals surface area contributed by atoms with Crippen LogP contribution in [0, 0.1) is 0 Å². The van der Waals surface area contributed by atoms with Crippen molar-refractivity contribution in [1.29, 1.82) is 0 Å². The summed E-state index contributed by atoms with van der Waals surface area (Å²) < 4.78 is 0.968. The zero-order chi connectivity index (χ0) is 24.3. The monoisotopic (exact) mass is 558 g/mol. The molecule has 1 atom stereocenters. The molecule has 3 aromatic carbocycles. The molecule has 2 amide bonds. The van der Waals surface area contributed by atoms with E-state index in [0.29, 0.717) is 30.3 Å². The second-order valence-corrected chi connectivity index (χ2v) is 10.2. The smallest absolute Gasteiger partial charge is 0.243 e. The molecule has 0 aromatic heterocycles. The molecule has 1 unspecified atom stereocenters. The number of carbonyl (C=O) groups is 2. The third-order valence-corrected chi connectivity index (χ3v) is 7.02. The van der Waals surface area contributed by atoms with Crippen molar-refractivity contribution in [2.24, 2.45) is 0 Å². The number of halogens is 2. The Hall–Kier alpha value is -2.28. The van der Waals surface area contributed by atoms with Crippen molar-refractivity contribution in [1.82, 2.24) is 10.2 Å². The van der Waals surface area contributed by atoms with Crippen molar-refractivity contribution in [2.75, 3.05) is 12.3 Å². The molecule has 34 heavy (non-hydrogen) atoms. The van der Waals surface area contributed by atoms with Crippen LogP contribution in [-0.2, 0) is 28.3 Å². The Kier molecular flexibility index (Phi) is 10.5. The summed E-state index contributed by atoms with van der Waals surface area (Å²) in [5.74, 6) is 0.732. The summed E-state index contributed by atoms with van der Waals surface area (Å²) in [6.45, 7) is 2.76. The van der Waals surface area contributed by atoms with E-state index in [0.717, 1.165) is 21.2 Å². The van der Waals surface area contributed by atoms with Gasteiger partial charge in [0.1, 0.15) is 6.04 Å². The van der Waals surface area contributed by atoms with Gasteiger partial charge in [-0.2, -0.15) is 0 Å². The maximum atomic E-state index is 13.5. The van der Waals surface area contributed by atoms with E-state index in [1.54, 1.807) is 4.90 Å². The van der Waals surface area contributed by atoms with Crippen molar-refractivity contribution >= 4 is 51.1 Å². The van der Waals surface area contributed by atoms with Crippen LogP contribution >= 0.6 is 39.3 Å². The highest BCUT2D eigenvalue weighted by molar-refractivity contribution is 9.10. The summed E-state index contributed by atoms with van der Waals surface area (Å²) in [5.41, 5.74) is 3.05. The fourth-order valence-electron chi connectivity index (χ4n) is 3.60. The van der Waals surface area contributed by atoms with Crippen LogP contribution in [0.5, 0.6) is 0 Å². The van der Waals surface area contributed by atoms with Gasteiger partial charge in [0.25, 0.3) is 0 Å². The van der Waals surface area contributed by atoms with Gasteiger partial charge in [-0.1, -0.05) is 82.1 Å². The number of carbonyl (C=O) groups excluding carboxylic acids is 2. The average Bonchev–Trinajstić information content (AvgIpc) is 2.83. The summed E-state index contributed by atoms with van der Waals surface area (Å²) in [6.07, 6.45) is 0.452. The number of likely N-dealkylation sites (N-methyl/N-ethyl adjacent to an activating group) is 1. The summed E-state index contributed by atoms with van der Waals surface area (Å²) >= 11 is 11.1. The quantitative estimate of drug-likeness (QED) is 0.308. The minimum Gasteiger partial charge on any atom is -0.355 e. The highest BCUT2D eigenvalue weighted by Crippen LogP contribution is 2.20. The second-order valence-electron chi connectivity index (χ2n) is 7.87. The standard InChI is InChI=1S/C27H28BrClN2O2S/c1-2-30-27(33)25(16-20-7-4-3-5-8-20)31(17-21-11-13-23(28)14-12-21)26(32)19-34-18-22-9-6-10-24(29)15-22/h3-15,25H,2,16-19H2,1H3,(H,30,33). The highest BCUT2D eigenvalue weighted by atomic mass is 79.9. The van der Waals surface area contributed by atoms with Gasteiger partial charge in [0.15, 0.2) is 0 Å². The van der Waals surface area contributed by atoms with Crippen molar-refractivity contribution in [3.8, 4) is 0 Å². The number of nitrogens with one attached hydrogen (secondary N) is 1. The largest absolute Gasteiger partial charge is 0.355 e. The third kappa shape index (κ3) is 8.19. The normalized spacial score (nSPS) is 11.6. The molecular weight excluding hydrogens is 532 g/mol. The molecular formula is C27H28BrClN2O2S. The van der Waals surface area contributed by atoms with E-state index in [2.05, 4.69) is 21.2 Å². The topological polar surface area (TPSA) is 49.4 Å². The van der Waals surface area contributed by atoms with E-state index >= 15 is 0 Å². The number of rotatable bonds is 11. The SMILES string of the molecule is CCNC(=O)C(Cc1ccccc1)N(Cc1ccc(Br)cc1)C(=O)CSCc1cccc(Cl)c1. The molecule has 7 heteroatoms. The van der Waals surface area contributed by atoms with E-state index in [-0.39, 0.29) is 17.6 Å². The van der Waals surface area contributed by atoms with Crippen LogP contribution in [0.1, 0.15) is 23.6 Å². The Balaban J connectivity index is 1.81. The number of hydrogen-bond donors (Lipinski definition) is 1.